The number of allylic oxidation sites excluding steroid dienone is 2. The zero-order chi connectivity index (χ0) is 9.97. The highest BCUT2D eigenvalue weighted by Crippen LogP contribution is 2.35. The number of hydrogen-bond acceptors (Lipinski definition) is 2. The number of nitrogens with zero attached hydrogens (tertiary/aromatic N) is 1. The van der Waals surface area contributed by atoms with Crippen LogP contribution in [-0.4, -0.2) is 11.7 Å². The lowest BCUT2D eigenvalue weighted by atomic mass is 10.0. The van der Waals surface area contributed by atoms with Crippen LogP contribution in [0.2, 0.25) is 0 Å². The Bertz CT molecular complexity index is 278. The van der Waals surface area contributed by atoms with Crippen LogP contribution in [0.5, 0.6) is 0 Å². The van der Waals surface area contributed by atoms with Gasteiger partial charge in [0.1, 0.15) is 0 Å². The number of rotatable bonds is 1. The molecule has 2 bridgehead atoms. The molecule has 2 unspecified atom stereocenters. The Morgan fingerprint density at radius 3 is 2.43 bits per heavy atom. The Morgan fingerprint density at radius 1 is 1.36 bits per heavy atom. The second kappa shape index (κ2) is 3.82. The van der Waals surface area contributed by atoms with E-state index in [4.69, 9.17) is 5.73 Å². The van der Waals surface area contributed by atoms with Gasteiger partial charge in [-0.05, 0) is 25.7 Å². The second-order valence-electron chi connectivity index (χ2n) is 3.93. The summed E-state index contributed by atoms with van der Waals surface area (Å²) in [5.74, 6) is 1.04. The first kappa shape index (κ1) is 9.24. The van der Waals surface area contributed by atoms with Gasteiger partial charge in [-0.3, -0.25) is 0 Å². The average molecular weight is 193 g/mol. The maximum absolute atomic E-state index is 10.6. The van der Waals surface area contributed by atoms with Crippen molar-refractivity contribution in [2.45, 2.75) is 25.7 Å². The largest absolute Gasteiger partial charge is 0.350 e. The number of carbonyl (C=O) groups excluding carboxylic acids is 1. The van der Waals surface area contributed by atoms with Crippen LogP contribution in [0.3, 0.4) is 0 Å². The number of hydrazone groups is 1. The average Bonchev–Trinajstić information content (AvgIpc) is 2.36. The normalized spacial score (nSPS) is 29.9. The lowest BCUT2D eigenvalue weighted by Gasteiger charge is -2.10. The summed E-state index contributed by atoms with van der Waals surface area (Å²) in [5, 5.41) is 4.12. The fraction of sp³-hybridized carbons (Fsp3) is 0.600. The number of fused-ring (bicyclic) bond motifs is 2. The van der Waals surface area contributed by atoms with E-state index in [1.54, 1.807) is 0 Å². The third kappa shape index (κ3) is 1.78. The van der Waals surface area contributed by atoms with Crippen LogP contribution in [0.25, 0.3) is 0 Å². The molecule has 0 aromatic carbocycles. The van der Waals surface area contributed by atoms with Gasteiger partial charge in [0.15, 0.2) is 0 Å². The number of carbonyl (C=O) groups is 1. The molecule has 2 atom stereocenters. The maximum atomic E-state index is 10.6. The fourth-order valence-corrected chi connectivity index (χ4v) is 2.33. The molecule has 4 nitrogen and oxygen atoms in total. The van der Waals surface area contributed by atoms with E-state index in [9.17, 15) is 4.79 Å². The molecule has 2 rings (SSSR count). The number of nitrogens with two attached hydrogens (primary N) is 1. The molecule has 0 aromatic rings. The van der Waals surface area contributed by atoms with Crippen LogP contribution in [0.15, 0.2) is 17.3 Å². The Kier molecular flexibility index (Phi) is 2.52. The topological polar surface area (TPSA) is 67.5 Å². The zero-order valence-electron chi connectivity index (χ0n) is 8.07. The van der Waals surface area contributed by atoms with Gasteiger partial charge in [-0.1, -0.05) is 12.2 Å². The van der Waals surface area contributed by atoms with Gasteiger partial charge in [0.25, 0.3) is 0 Å². The molecule has 2 amide bonds. The van der Waals surface area contributed by atoms with Crippen molar-refractivity contribution in [2.24, 2.45) is 22.7 Å². The van der Waals surface area contributed by atoms with Crippen LogP contribution in [-0.2, 0) is 0 Å². The Morgan fingerprint density at radius 2 is 1.93 bits per heavy atom. The van der Waals surface area contributed by atoms with E-state index >= 15 is 0 Å². The number of hydrogen-bond donors (Lipinski definition) is 2. The highest BCUT2D eigenvalue weighted by molar-refractivity contribution is 5.92. The van der Waals surface area contributed by atoms with Gasteiger partial charge in [0.2, 0.25) is 0 Å². The molecule has 76 valence electrons. The van der Waals surface area contributed by atoms with Crippen LogP contribution in [0.4, 0.5) is 4.79 Å². The van der Waals surface area contributed by atoms with Crippen molar-refractivity contribution in [1.82, 2.24) is 5.43 Å². The minimum absolute atomic E-state index is 0.519. The van der Waals surface area contributed by atoms with Gasteiger partial charge in [-0.2, -0.15) is 5.10 Å². The van der Waals surface area contributed by atoms with Crippen molar-refractivity contribution in [1.29, 1.82) is 0 Å². The van der Waals surface area contributed by atoms with Crippen LogP contribution in [0, 0.1) is 11.8 Å². The van der Waals surface area contributed by atoms with Gasteiger partial charge in [0, 0.05) is 17.5 Å². The van der Waals surface area contributed by atoms with E-state index in [1.165, 1.54) is 12.8 Å². The first-order valence-electron chi connectivity index (χ1n) is 5.05. The molecule has 0 saturated heterocycles. The van der Waals surface area contributed by atoms with Gasteiger partial charge < -0.3 is 5.73 Å². The zero-order valence-corrected chi connectivity index (χ0v) is 8.07. The van der Waals surface area contributed by atoms with Crippen molar-refractivity contribution in [3.63, 3.8) is 0 Å². The maximum Gasteiger partial charge on any atom is 0.332 e. The summed E-state index contributed by atoms with van der Waals surface area (Å²) in [6, 6.07) is -0.575. The van der Waals surface area contributed by atoms with Crippen molar-refractivity contribution < 1.29 is 4.79 Å². The highest BCUT2D eigenvalue weighted by atomic mass is 16.2. The van der Waals surface area contributed by atoms with Crippen LogP contribution >= 0.6 is 0 Å². The van der Waals surface area contributed by atoms with E-state index in [1.807, 2.05) is 0 Å². The standard InChI is InChI=1S/C10H15N3O/c11-10(14)13-12-9-7-3-1-2-4-8(9)6-5-7/h1-2,7-8H,3-6H2,(H3,11,13,14). The van der Waals surface area contributed by atoms with Gasteiger partial charge in [-0.25, -0.2) is 10.2 Å². The minimum Gasteiger partial charge on any atom is -0.350 e. The molecule has 0 heterocycles. The van der Waals surface area contributed by atoms with Gasteiger partial charge in [0.05, 0.1) is 0 Å². The minimum atomic E-state index is -0.575. The lowest BCUT2D eigenvalue weighted by Crippen LogP contribution is -2.27. The van der Waals surface area contributed by atoms with Crippen LogP contribution < -0.4 is 11.2 Å². The molecule has 14 heavy (non-hydrogen) atoms. The first-order chi connectivity index (χ1) is 6.77. The summed E-state index contributed by atoms with van der Waals surface area (Å²) < 4.78 is 0. The Labute approximate surface area is 83.2 Å². The number of nitrogens with one attached hydrogen (secondary N) is 1. The molecule has 0 radical (unpaired) electrons. The molecule has 0 spiro atoms. The molecule has 4 heteroatoms. The lowest BCUT2D eigenvalue weighted by molar-refractivity contribution is 0.249. The molecule has 0 aliphatic heterocycles. The number of urea groups is 1. The van der Waals surface area contributed by atoms with E-state index in [-0.39, 0.29) is 0 Å². The van der Waals surface area contributed by atoms with Crippen molar-refractivity contribution in [2.75, 3.05) is 0 Å². The molecule has 2 aliphatic rings. The van der Waals surface area contributed by atoms with E-state index in [0.29, 0.717) is 11.8 Å². The molecule has 0 aromatic heterocycles. The van der Waals surface area contributed by atoms with Gasteiger partial charge in [-0.15, -0.1) is 0 Å². The van der Waals surface area contributed by atoms with E-state index in [0.717, 1.165) is 18.6 Å². The van der Waals surface area contributed by atoms with E-state index in [2.05, 4.69) is 22.7 Å². The van der Waals surface area contributed by atoms with Crippen molar-refractivity contribution in [3.05, 3.63) is 12.2 Å². The predicted octanol–water partition coefficient (Wildman–Crippen LogP) is 1.39. The van der Waals surface area contributed by atoms with Gasteiger partial charge >= 0.3 is 6.03 Å². The quantitative estimate of drug-likeness (QED) is 0.479. The third-order valence-electron chi connectivity index (χ3n) is 3.00. The number of amides is 2. The predicted molar refractivity (Wildman–Crippen MR) is 54.7 cm³/mol. The summed E-state index contributed by atoms with van der Waals surface area (Å²) in [6.45, 7) is 0. The van der Waals surface area contributed by atoms with Crippen LogP contribution in [0.1, 0.15) is 25.7 Å². The summed E-state index contributed by atoms with van der Waals surface area (Å²) in [5.41, 5.74) is 8.46. The fourth-order valence-electron chi connectivity index (χ4n) is 2.33. The molecular formula is C10H15N3O. The summed E-state index contributed by atoms with van der Waals surface area (Å²) in [7, 11) is 0. The molecule has 3 N–H and O–H groups in total. The molecule has 2 aliphatic carbocycles. The number of primary amides is 1. The monoisotopic (exact) mass is 193 g/mol. The third-order valence-corrected chi connectivity index (χ3v) is 3.00. The molecule has 1 saturated carbocycles. The summed E-state index contributed by atoms with van der Waals surface area (Å²) in [6.07, 6.45) is 8.90. The Hall–Kier alpha value is -1.32. The summed E-state index contributed by atoms with van der Waals surface area (Å²) in [4.78, 5) is 10.6. The molecule has 1 fully saturated rings. The SMILES string of the molecule is NC(=O)NN=C1C2CC=CCC1CC2. The summed E-state index contributed by atoms with van der Waals surface area (Å²) >= 11 is 0. The highest BCUT2D eigenvalue weighted by Gasteiger charge is 2.32. The molecular weight excluding hydrogens is 178 g/mol. The van der Waals surface area contributed by atoms with Crippen molar-refractivity contribution >= 4 is 11.7 Å². The Balaban J connectivity index is 2.11. The first-order valence-corrected chi connectivity index (χ1v) is 5.05. The second-order valence-corrected chi connectivity index (χ2v) is 3.93. The van der Waals surface area contributed by atoms with E-state index < -0.39 is 6.03 Å². The van der Waals surface area contributed by atoms with Crippen molar-refractivity contribution in [3.8, 4) is 0 Å². The smallest absolute Gasteiger partial charge is 0.332 e.